The number of aryl methyl sites for hydroxylation is 1. The molecule has 3 nitrogen and oxygen atoms in total. The molecule has 1 aromatic carbocycles. The molecule has 22 heavy (non-hydrogen) atoms. The third-order valence-corrected chi connectivity index (χ3v) is 4.34. The summed E-state index contributed by atoms with van der Waals surface area (Å²) in [7, 11) is 4.01. The van der Waals surface area contributed by atoms with Crippen LogP contribution < -0.4 is 5.32 Å². The van der Waals surface area contributed by atoms with E-state index >= 15 is 0 Å². The zero-order valence-electron chi connectivity index (χ0n) is 13.2. The molecule has 1 amide bonds. The molecule has 2 rings (SSSR count). The first-order valence-corrected chi connectivity index (χ1v) is 8.16. The Morgan fingerprint density at radius 2 is 2.00 bits per heavy atom. The summed E-state index contributed by atoms with van der Waals surface area (Å²) in [4.78, 5) is 15.4. The van der Waals surface area contributed by atoms with Crippen molar-refractivity contribution < 1.29 is 4.79 Å². The quantitative estimate of drug-likeness (QED) is 0.828. The second-order valence-electron chi connectivity index (χ2n) is 5.54. The summed E-state index contributed by atoms with van der Waals surface area (Å²) < 4.78 is 0. The Kier molecular flexibility index (Phi) is 5.92. The standard InChI is InChI=1S/C18H22N2OS/c1-14-11-12-22-17(14)9-10-18(21)19-16(13-20(2)3)15-7-5-4-6-8-15/h4-12,16H,13H2,1-3H3,(H,19,21)/b10-9+/t16-/m0/s1. The highest BCUT2D eigenvalue weighted by molar-refractivity contribution is 7.11. The van der Waals surface area contributed by atoms with Crippen LogP contribution in [-0.4, -0.2) is 31.4 Å². The van der Waals surface area contributed by atoms with E-state index in [1.165, 1.54) is 5.56 Å². The number of amides is 1. The highest BCUT2D eigenvalue weighted by Gasteiger charge is 2.14. The topological polar surface area (TPSA) is 32.3 Å². The van der Waals surface area contributed by atoms with Gasteiger partial charge in [-0.25, -0.2) is 0 Å². The number of likely N-dealkylation sites (N-methyl/N-ethyl adjacent to an activating group) is 1. The Labute approximate surface area is 136 Å². The molecule has 0 spiro atoms. The number of benzene rings is 1. The Bertz CT molecular complexity index is 632. The predicted octanol–water partition coefficient (Wildman–Crippen LogP) is 3.49. The molecule has 1 aromatic heterocycles. The summed E-state index contributed by atoms with van der Waals surface area (Å²) in [6.45, 7) is 2.81. The van der Waals surface area contributed by atoms with Crippen molar-refractivity contribution in [2.24, 2.45) is 0 Å². The van der Waals surface area contributed by atoms with Crippen LogP contribution >= 0.6 is 11.3 Å². The number of hydrogen-bond acceptors (Lipinski definition) is 3. The van der Waals surface area contributed by atoms with Crippen LogP contribution in [0.3, 0.4) is 0 Å². The number of carbonyl (C=O) groups excluding carboxylic acids is 1. The summed E-state index contributed by atoms with van der Waals surface area (Å²) in [5.74, 6) is -0.0662. The van der Waals surface area contributed by atoms with Crippen LogP contribution in [0, 0.1) is 6.92 Å². The number of rotatable bonds is 6. The monoisotopic (exact) mass is 314 g/mol. The lowest BCUT2D eigenvalue weighted by molar-refractivity contribution is -0.117. The third-order valence-electron chi connectivity index (χ3n) is 3.35. The summed E-state index contributed by atoms with van der Waals surface area (Å²) >= 11 is 1.64. The average molecular weight is 314 g/mol. The molecular weight excluding hydrogens is 292 g/mol. The van der Waals surface area contributed by atoms with Crippen LogP contribution in [0.2, 0.25) is 0 Å². The number of nitrogens with zero attached hydrogens (tertiary/aromatic N) is 1. The van der Waals surface area contributed by atoms with Crippen molar-refractivity contribution in [2.45, 2.75) is 13.0 Å². The minimum absolute atomic E-state index is 0.0159. The largest absolute Gasteiger partial charge is 0.344 e. The molecule has 4 heteroatoms. The van der Waals surface area contributed by atoms with E-state index in [0.29, 0.717) is 0 Å². The first kappa shape index (κ1) is 16.5. The molecule has 2 aromatic rings. The van der Waals surface area contributed by atoms with Crippen molar-refractivity contribution >= 4 is 23.3 Å². The maximum absolute atomic E-state index is 12.2. The summed E-state index contributed by atoms with van der Waals surface area (Å²) in [6, 6.07) is 12.1. The van der Waals surface area contributed by atoms with E-state index in [-0.39, 0.29) is 11.9 Å². The maximum Gasteiger partial charge on any atom is 0.244 e. The smallest absolute Gasteiger partial charge is 0.244 e. The molecular formula is C18H22N2OS. The Morgan fingerprint density at radius 3 is 2.59 bits per heavy atom. The Hall–Kier alpha value is -1.91. The zero-order chi connectivity index (χ0) is 15.9. The molecule has 116 valence electrons. The molecule has 1 N–H and O–H groups in total. The van der Waals surface area contributed by atoms with Gasteiger partial charge in [-0.3, -0.25) is 4.79 Å². The van der Waals surface area contributed by atoms with Gasteiger partial charge in [0.25, 0.3) is 0 Å². The van der Waals surface area contributed by atoms with Crippen LogP contribution in [0.5, 0.6) is 0 Å². The van der Waals surface area contributed by atoms with Gasteiger partial charge in [0.15, 0.2) is 0 Å². The minimum Gasteiger partial charge on any atom is -0.344 e. The SMILES string of the molecule is Cc1ccsc1/C=C/C(=O)N[C@@H](CN(C)C)c1ccccc1. The molecule has 0 aliphatic rings. The van der Waals surface area contributed by atoms with Gasteiger partial charge in [0, 0.05) is 17.5 Å². The maximum atomic E-state index is 12.2. The minimum atomic E-state index is -0.0662. The van der Waals surface area contributed by atoms with Crippen molar-refractivity contribution in [3.05, 3.63) is 63.9 Å². The van der Waals surface area contributed by atoms with E-state index in [9.17, 15) is 4.79 Å². The molecule has 0 saturated heterocycles. The molecule has 0 saturated carbocycles. The number of thiophene rings is 1. The summed E-state index contributed by atoms with van der Waals surface area (Å²) in [6.07, 6.45) is 3.50. The molecule has 0 unspecified atom stereocenters. The lowest BCUT2D eigenvalue weighted by Gasteiger charge is -2.22. The van der Waals surface area contributed by atoms with Crippen LogP contribution in [0.25, 0.3) is 6.08 Å². The van der Waals surface area contributed by atoms with Crippen LogP contribution in [0.15, 0.2) is 47.9 Å². The van der Waals surface area contributed by atoms with Crippen molar-refractivity contribution in [3.8, 4) is 0 Å². The summed E-state index contributed by atoms with van der Waals surface area (Å²) in [5, 5.41) is 5.12. The number of nitrogens with one attached hydrogen (secondary N) is 1. The van der Waals surface area contributed by atoms with E-state index in [4.69, 9.17) is 0 Å². The summed E-state index contributed by atoms with van der Waals surface area (Å²) in [5.41, 5.74) is 2.31. The molecule has 1 heterocycles. The van der Waals surface area contributed by atoms with E-state index < -0.39 is 0 Å². The van der Waals surface area contributed by atoms with Crippen LogP contribution in [0.4, 0.5) is 0 Å². The fourth-order valence-electron chi connectivity index (χ4n) is 2.21. The van der Waals surface area contributed by atoms with Gasteiger partial charge in [-0.05, 0) is 49.7 Å². The highest BCUT2D eigenvalue weighted by atomic mass is 32.1. The van der Waals surface area contributed by atoms with Crippen molar-refractivity contribution in [1.82, 2.24) is 10.2 Å². The van der Waals surface area contributed by atoms with Gasteiger partial charge in [-0.15, -0.1) is 11.3 Å². The fourth-order valence-corrected chi connectivity index (χ4v) is 3.03. The zero-order valence-corrected chi connectivity index (χ0v) is 14.1. The molecule has 0 bridgehead atoms. The molecule has 0 fully saturated rings. The second kappa shape index (κ2) is 7.92. The normalized spacial score (nSPS) is 12.7. The lowest BCUT2D eigenvalue weighted by atomic mass is 10.1. The van der Waals surface area contributed by atoms with E-state index in [2.05, 4.69) is 16.3 Å². The van der Waals surface area contributed by atoms with Gasteiger partial charge in [-0.2, -0.15) is 0 Å². The fraction of sp³-hybridized carbons (Fsp3) is 0.278. The van der Waals surface area contributed by atoms with Gasteiger partial charge in [0.05, 0.1) is 6.04 Å². The predicted molar refractivity (Wildman–Crippen MR) is 94.0 cm³/mol. The van der Waals surface area contributed by atoms with E-state index in [1.54, 1.807) is 17.4 Å². The number of carbonyl (C=O) groups is 1. The van der Waals surface area contributed by atoms with Gasteiger partial charge in [0.2, 0.25) is 5.91 Å². The first-order chi connectivity index (χ1) is 10.6. The van der Waals surface area contributed by atoms with Crippen molar-refractivity contribution in [1.29, 1.82) is 0 Å². The van der Waals surface area contributed by atoms with Crippen molar-refractivity contribution in [3.63, 3.8) is 0 Å². The molecule has 0 radical (unpaired) electrons. The molecule has 0 aliphatic heterocycles. The highest BCUT2D eigenvalue weighted by Crippen LogP contribution is 2.17. The third kappa shape index (κ3) is 4.83. The first-order valence-electron chi connectivity index (χ1n) is 7.28. The Morgan fingerprint density at radius 1 is 1.27 bits per heavy atom. The van der Waals surface area contributed by atoms with Gasteiger partial charge in [0.1, 0.15) is 0 Å². The average Bonchev–Trinajstić information content (AvgIpc) is 2.90. The van der Waals surface area contributed by atoms with Gasteiger partial charge in [-0.1, -0.05) is 30.3 Å². The lowest BCUT2D eigenvalue weighted by Crippen LogP contribution is -2.34. The van der Waals surface area contributed by atoms with Gasteiger partial charge < -0.3 is 10.2 Å². The molecule has 0 aliphatic carbocycles. The van der Waals surface area contributed by atoms with Crippen LogP contribution in [0.1, 0.15) is 22.0 Å². The Balaban J connectivity index is 2.05. The van der Waals surface area contributed by atoms with E-state index in [1.807, 2.05) is 62.8 Å². The van der Waals surface area contributed by atoms with Crippen molar-refractivity contribution in [2.75, 3.05) is 20.6 Å². The van der Waals surface area contributed by atoms with Crippen LogP contribution in [-0.2, 0) is 4.79 Å². The van der Waals surface area contributed by atoms with E-state index in [0.717, 1.165) is 17.0 Å². The molecule has 1 atom stereocenters. The number of hydrogen-bond donors (Lipinski definition) is 1. The second-order valence-corrected chi connectivity index (χ2v) is 6.48. The van der Waals surface area contributed by atoms with Gasteiger partial charge >= 0.3 is 0 Å².